The summed E-state index contributed by atoms with van der Waals surface area (Å²) in [5.41, 5.74) is 1.11. The summed E-state index contributed by atoms with van der Waals surface area (Å²) in [6.45, 7) is 0.573. The average molecular weight is 348 g/mol. The van der Waals surface area contributed by atoms with E-state index in [-0.39, 0.29) is 15.6 Å². The first-order chi connectivity index (χ1) is 9.83. The van der Waals surface area contributed by atoms with Crippen LogP contribution in [0.3, 0.4) is 0 Å². The summed E-state index contributed by atoms with van der Waals surface area (Å²) in [5, 5.41) is 3.67. The summed E-state index contributed by atoms with van der Waals surface area (Å²) in [6, 6.07) is 6.21. The van der Waals surface area contributed by atoms with E-state index in [1.165, 1.54) is 6.07 Å². The zero-order chi connectivity index (χ0) is 15.6. The van der Waals surface area contributed by atoms with Crippen LogP contribution >= 0.6 is 23.2 Å². The molecular weight excluding hydrogens is 333 g/mol. The number of benzene rings is 1. The summed E-state index contributed by atoms with van der Waals surface area (Å²) in [5.74, 6) is 0. The molecule has 0 amide bonds. The van der Waals surface area contributed by atoms with Gasteiger partial charge in [-0.15, -0.1) is 0 Å². The first-order valence-electron chi connectivity index (χ1n) is 6.11. The van der Waals surface area contributed by atoms with Crippen LogP contribution in [0.5, 0.6) is 0 Å². The van der Waals surface area contributed by atoms with Gasteiger partial charge in [-0.2, -0.15) is 0 Å². The topological polar surface area (TPSA) is 63.1 Å². The van der Waals surface area contributed by atoms with Crippen molar-refractivity contribution in [3.8, 4) is 0 Å². The van der Waals surface area contributed by atoms with E-state index >= 15 is 0 Å². The number of rotatable bonds is 5. The van der Waals surface area contributed by atoms with Gasteiger partial charge in [0.05, 0.1) is 10.7 Å². The highest BCUT2D eigenvalue weighted by Crippen LogP contribution is 2.28. The van der Waals surface area contributed by atoms with Crippen molar-refractivity contribution in [2.45, 2.75) is 11.4 Å². The minimum absolute atomic E-state index is 0.172. The molecule has 0 unspecified atom stereocenters. The van der Waals surface area contributed by atoms with Crippen molar-refractivity contribution in [2.75, 3.05) is 11.8 Å². The van der Waals surface area contributed by atoms with E-state index < -0.39 is 10.0 Å². The molecular formula is C13H15Cl2N3O2S. The number of hydrogen-bond acceptors (Lipinski definition) is 3. The molecule has 2 rings (SSSR count). The van der Waals surface area contributed by atoms with Gasteiger partial charge in [-0.1, -0.05) is 23.2 Å². The fourth-order valence-corrected chi connectivity index (χ4v) is 3.42. The van der Waals surface area contributed by atoms with Crippen molar-refractivity contribution >= 4 is 38.9 Å². The van der Waals surface area contributed by atoms with E-state index in [0.717, 1.165) is 5.69 Å². The van der Waals surface area contributed by atoms with E-state index in [1.807, 2.05) is 0 Å². The fraction of sp³-hybridized carbons (Fsp3) is 0.231. The molecule has 2 N–H and O–H groups in total. The van der Waals surface area contributed by atoms with Gasteiger partial charge in [0.2, 0.25) is 0 Å². The zero-order valence-electron chi connectivity index (χ0n) is 11.5. The number of aryl methyl sites for hydroxylation is 1. The number of halogens is 2. The molecule has 1 heterocycles. The fourth-order valence-electron chi connectivity index (χ4n) is 1.86. The van der Waals surface area contributed by atoms with Crippen molar-refractivity contribution in [1.29, 1.82) is 0 Å². The number of nitrogens with one attached hydrogen (secondary N) is 2. The standard InChI is InChI=1S/C13H15Cl2N3O2S/c1-16-7-10-6-11(8-18(10)2)21(19,20)17-13-5-9(14)3-4-12(13)15/h3-6,8,16-17H,7H2,1-2H3. The molecule has 0 saturated carbocycles. The number of aromatic nitrogens is 1. The van der Waals surface area contributed by atoms with Crippen LogP contribution in [0.25, 0.3) is 0 Å². The molecule has 0 radical (unpaired) electrons. The summed E-state index contributed by atoms with van der Waals surface area (Å²) < 4.78 is 29.0. The smallest absolute Gasteiger partial charge is 0.263 e. The highest BCUT2D eigenvalue weighted by atomic mass is 35.5. The highest BCUT2D eigenvalue weighted by Gasteiger charge is 2.19. The lowest BCUT2D eigenvalue weighted by Gasteiger charge is -2.08. The molecule has 2 aromatic rings. The molecule has 0 saturated heterocycles. The quantitative estimate of drug-likeness (QED) is 0.873. The molecule has 1 aromatic carbocycles. The molecule has 5 nitrogen and oxygen atoms in total. The first-order valence-corrected chi connectivity index (χ1v) is 8.35. The molecule has 1 aromatic heterocycles. The number of nitrogens with zero attached hydrogens (tertiary/aromatic N) is 1. The third-order valence-corrected chi connectivity index (χ3v) is 4.82. The second-order valence-corrected chi connectivity index (χ2v) is 7.06. The van der Waals surface area contributed by atoms with Crippen LogP contribution < -0.4 is 10.0 Å². The Hall–Kier alpha value is -1.21. The lowest BCUT2D eigenvalue weighted by Crippen LogP contribution is -2.12. The van der Waals surface area contributed by atoms with Crippen molar-refractivity contribution in [3.63, 3.8) is 0 Å². The average Bonchev–Trinajstić information content (AvgIpc) is 2.77. The van der Waals surface area contributed by atoms with Gasteiger partial charge >= 0.3 is 0 Å². The van der Waals surface area contributed by atoms with Gasteiger partial charge in [0.1, 0.15) is 4.90 Å². The van der Waals surface area contributed by atoms with E-state index in [0.29, 0.717) is 11.6 Å². The normalized spacial score (nSPS) is 11.6. The zero-order valence-corrected chi connectivity index (χ0v) is 13.9. The van der Waals surface area contributed by atoms with Crippen molar-refractivity contribution in [1.82, 2.24) is 9.88 Å². The highest BCUT2D eigenvalue weighted by molar-refractivity contribution is 7.92. The van der Waals surface area contributed by atoms with Crippen molar-refractivity contribution in [3.05, 3.63) is 46.2 Å². The molecule has 0 atom stereocenters. The minimum atomic E-state index is -3.71. The molecule has 21 heavy (non-hydrogen) atoms. The van der Waals surface area contributed by atoms with Gasteiger partial charge in [0, 0.05) is 30.5 Å². The van der Waals surface area contributed by atoms with Crippen LogP contribution in [0.1, 0.15) is 5.69 Å². The van der Waals surface area contributed by atoms with Crippen molar-refractivity contribution in [2.24, 2.45) is 7.05 Å². The molecule has 0 spiro atoms. The van der Waals surface area contributed by atoms with Gasteiger partial charge in [-0.05, 0) is 31.3 Å². The maximum Gasteiger partial charge on any atom is 0.263 e. The SMILES string of the molecule is CNCc1cc(S(=O)(=O)Nc2cc(Cl)ccc2Cl)cn1C. The van der Waals surface area contributed by atoms with Crippen molar-refractivity contribution < 1.29 is 8.42 Å². The number of sulfonamides is 1. The maximum atomic E-state index is 12.4. The Balaban J connectivity index is 2.34. The molecule has 114 valence electrons. The number of anilines is 1. The van der Waals surface area contributed by atoms with Crippen LogP contribution in [0.15, 0.2) is 35.4 Å². The summed E-state index contributed by atoms with van der Waals surface area (Å²) >= 11 is 11.8. The van der Waals surface area contributed by atoms with E-state index in [4.69, 9.17) is 23.2 Å². The summed E-state index contributed by atoms with van der Waals surface area (Å²) in [7, 11) is -0.128. The lowest BCUT2D eigenvalue weighted by atomic mass is 10.3. The van der Waals surface area contributed by atoms with Gasteiger partial charge in [-0.25, -0.2) is 8.42 Å². The first kappa shape index (κ1) is 16.2. The van der Waals surface area contributed by atoms with Crippen LogP contribution in [-0.4, -0.2) is 20.0 Å². The number of hydrogen-bond donors (Lipinski definition) is 2. The van der Waals surface area contributed by atoms with Crippen LogP contribution in [0, 0.1) is 0 Å². The van der Waals surface area contributed by atoms with E-state index in [1.54, 1.807) is 43.1 Å². The predicted molar refractivity (Wildman–Crippen MR) is 85.4 cm³/mol. The van der Waals surface area contributed by atoms with Gasteiger partial charge in [0.25, 0.3) is 10.0 Å². The second-order valence-electron chi connectivity index (χ2n) is 4.54. The van der Waals surface area contributed by atoms with Crippen LogP contribution in [-0.2, 0) is 23.6 Å². The van der Waals surface area contributed by atoms with Crippen LogP contribution in [0.4, 0.5) is 5.69 Å². The van der Waals surface area contributed by atoms with E-state index in [9.17, 15) is 8.42 Å². The largest absolute Gasteiger partial charge is 0.352 e. The molecule has 0 aliphatic heterocycles. The molecule has 0 fully saturated rings. The van der Waals surface area contributed by atoms with E-state index in [2.05, 4.69) is 10.0 Å². The molecule has 0 aliphatic rings. The summed E-state index contributed by atoms with van der Waals surface area (Å²) in [4.78, 5) is 0.172. The van der Waals surface area contributed by atoms with Gasteiger partial charge in [0.15, 0.2) is 0 Å². The molecule has 0 aliphatic carbocycles. The Kier molecular flexibility index (Phi) is 4.83. The van der Waals surface area contributed by atoms with Gasteiger partial charge < -0.3 is 9.88 Å². The second kappa shape index (κ2) is 6.27. The van der Waals surface area contributed by atoms with Crippen LogP contribution in [0.2, 0.25) is 10.0 Å². The third-order valence-electron chi connectivity index (χ3n) is 2.92. The molecule has 0 bridgehead atoms. The Morgan fingerprint density at radius 2 is 1.95 bits per heavy atom. The lowest BCUT2D eigenvalue weighted by molar-refractivity contribution is 0.601. The monoisotopic (exact) mass is 347 g/mol. The third kappa shape index (κ3) is 3.71. The minimum Gasteiger partial charge on any atom is -0.352 e. The maximum absolute atomic E-state index is 12.4. The Labute approximate surface area is 133 Å². The Morgan fingerprint density at radius 3 is 2.62 bits per heavy atom. The van der Waals surface area contributed by atoms with Gasteiger partial charge in [-0.3, -0.25) is 4.72 Å². The molecule has 8 heteroatoms. The summed E-state index contributed by atoms with van der Waals surface area (Å²) in [6.07, 6.45) is 1.55. The Morgan fingerprint density at radius 1 is 1.24 bits per heavy atom. The Bertz CT molecular complexity index is 757. The predicted octanol–water partition coefficient (Wildman–Crippen LogP) is 2.85.